The Labute approximate surface area is 205 Å². The Morgan fingerprint density at radius 1 is 1.09 bits per heavy atom. The maximum Gasteiger partial charge on any atom is 0.308 e. The second kappa shape index (κ2) is 8.74. The molecule has 4 aromatic rings. The lowest BCUT2D eigenvalue weighted by Gasteiger charge is -2.12. The van der Waals surface area contributed by atoms with Gasteiger partial charge < -0.3 is 9.84 Å². The second-order valence-corrected chi connectivity index (χ2v) is 9.62. The van der Waals surface area contributed by atoms with Crippen molar-refractivity contribution in [3.63, 3.8) is 0 Å². The van der Waals surface area contributed by atoms with Crippen molar-refractivity contribution >= 4 is 23.0 Å². The zero-order chi connectivity index (χ0) is 24.9. The lowest BCUT2D eigenvalue weighted by Crippen LogP contribution is -2.12. The average molecular weight is 491 g/mol. The maximum atomic E-state index is 13.9. The van der Waals surface area contributed by atoms with Gasteiger partial charge in [0.2, 0.25) is 0 Å². The number of aromatic hydroxyl groups is 1. The van der Waals surface area contributed by atoms with Gasteiger partial charge in [-0.2, -0.15) is 0 Å². The van der Waals surface area contributed by atoms with Crippen LogP contribution in [-0.4, -0.2) is 38.7 Å². The molecule has 3 heterocycles. The highest BCUT2D eigenvalue weighted by Gasteiger charge is 2.32. The number of aromatic nitrogens is 3. The number of carbonyl (C=O) groups excluding carboxylic acids is 1. The van der Waals surface area contributed by atoms with Gasteiger partial charge in [-0.25, -0.2) is 4.39 Å². The van der Waals surface area contributed by atoms with Gasteiger partial charge in [-0.05, 0) is 49.6 Å². The van der Waals surface area contributed by atoms with Crippen molar-refractivity contribution in [2.75, 3.05) is 7.11 Å². The second-order valence-electron chi connectivity index (χ2n) is 8.42. The molecule has 1 atom stereocenters. The number of hydrogen-bond acceptors (Lipinski definition) is 7. The van der Waals surface area contributed by atoms with Crippen LogP contribution < -0.4 is 0 Å². The Kier molecular flexibility index (Phi) is 5.72. The molecule has 0 amide bonds. The molecule has 5 rings (SSSR count). The summed E-state index contributed by atoms with van der Waals surface area (Å²) in [4.78, 5) is 18.4. The molecule has 1 N–H and O–H groups in total. The van der Waals surface area contributed by atoms with Crippen LogP contribution in [0.15, 0.2) is 47.5 Å². The van der Waals surface area contributed by atoms with Gasteiger partial charge in [0, 0.05) is 16.0 Å². The molecule has 0 radical (unpaired) electrons. The molecule has 1 aliphatic heterocycles. The predicted octanol–water partition coefficient (Wildman–Crippen LogP) is 5.22. The van der Waals surface area contributed by atoms with Crippen molar-refractivity contribution < 1.29 is 19.0 Å². The van der Waals surface area contributed by atoms with E-state index in [4.69, 9.17) is 9.73 Å². The summed E-state index contributed by atoms with van der Waals surface area (Å²) in [7, 11) is 1.36. The molecular weight excluding hydrogens is 467 g/mol. The summed E-state index contributed by atoms with van der Waals surface area (Å²) in [6.07, 6.45) is 0.0377. The summed E-state index contributed by atoms with van der Waals surface area (Å²) < 4.78 is 20.8. The zero-order valence-electron chi connectivity index (χ0n) is 19.7. The number of phenolic OH excluding ortho intramolecular Hbond substituents is 1. The molecule has 0 saturated heterocycles. The first-order chi connectivity index (χ1) is 16.8. The normalized spacial score (nSPS) is 14.7. The Morgan fingerprint density at radius 2 is 1.77 bits per heavy atom. The van der Waals surface area contributed by atoms with Crippen molar-refractivity contribution in [1.82, 2.24) is 14.8 Å². The van der Waals surface area contributed by atoms with Crippen LogP contribution in [0.1, 0.15) is 45.7 Å². The van der Waals surface area contributed by atoms with E-state index in [1.165, 1.54) is 19.2 Å². The van der Waals surface area contributed by atoms with Crippen LogP contribution in [0.3, 0.4) is 0 Å². The van der Waals surface area contributed by atoms with Gasteiger partial charge in [-0.1, -0.05) is 30.3 Å². The van der Waals surface area contributed by atoms with Crippen LogP contribution in [0.4, 0.5) is 4.39 Å². The van der Waals surface area contributed by atoms with E-state index in [1.54, 1.807) is 17.4 Å². The Balaban J connectivity index is 1.66. The van der Waals surface area contributed by atoms with Gasteiger partial charge in [0.1, 0.15) is 16.9 Å². The van der Waals surface area contributed by atoms with E-state index >= 15 is 0 Å². The van der Waals surface area contributed by atoms with Crippen molar-refractivity contribution in [3.8, 4) is 21.9 Å². The molecule has 7 nitrogen and oxygen atoms in total. The van der Waals surface area contributed by atoms with Gasteiger partial charge in [-0.3, -0.25) is 14.4 Å². The largest absolute Gasteiger partial charge is 0.505 e. The summed E-state index contributed by atoms with van der Waals surface area (Å²) in [5.74, 6) is -0.112. The number of benzene rings is 2. The quantitative estimate of drug-likeness (QED) is 0.396. The molecule has 0 aliphatic carbocycles. The number of halogens is 1. The Morgan fingerprint density at radius 3 is 2.46 bits per heavy atom. The number of phenols is 1. The number of thiophene rings is 1. The number of esters is 1. The van der Waals surface area contributed by atoms with Crippen LogP contribution in [0.2, 0.25) is 0 Å². The number of aliphatic imine (C=N–C) groups is 1. The smallest absolute Gasteiger partial charge is 0.308 e. The maximum absolute atomic E-state index is 13.9. The third-order valence-electron chi connectivity index (χ3n) is 6.27. The number of rotatable bonds is 4. The molecule has 0 saturated carbocycles. The third-order valence-corrected chi connectivity index (χ3v) is 7.46. The summed E-state index contributed by atoms with van der Waals surface area (Å²) in [6, 6.07) is 11.4. The summed E-state index contributed by atoms with van der Waals surface area (Å²) in [5, 5.41) is 19.1. The minimum atomic E-state index is -0.669. The third kappa shape index (κ3) is 3.91. The highest BCUT2D eigenvalue weighted by atomic mass is 32.1. The molecular formula is C26H23FN4O3S. The molecule has 2 aromatic heterocycles. The van der Waals surface area contributed by atoms with Crippen LogP contribution in [0.25, 0.3) is 16.1 Å². The van der Waals surface area contributed by atoms with E-state index in [0.29, 0.717) is 11.4 Å². The number of aryl methyl sites for hydroxylation is 2. The average Bonchev–Trinajstić information content (AvgIpc) is 3.33. The molecule has 9 heteroatoms. The SMILES string of the molecule is COC(=O)C[C@@H]1N=C(c2ccc(-c3ccc(O)c(F)c3)cc2)c2c(sc(C)c2C)-n2c(C)nnc21. The molecule has 0 fully saturated rings. The van der Waals surface area contributed by atoms with Crippen molar-refractivity contribution in [2.24, 2.45) is 4.99 Å². The van der Waals surface area contributed by atoms with E-state index in [9.17, 15) is 14.3 Å². The van der Waals surface area contributed by atoms with E-state index in [0.717, 1.165) is 43.7 Å². The molecule has 2 aromatic carbocycles. The van der Waals surface area contributed by atoms with Crippen LogP contribution in [0.5, 0.6) is 5.75 Å². The Hall–Kier alpha value is -3.85. The molecule has 178 valence electrons. The predicted molar refractivity (Wildman–Crippen MR) is 132 cm³/mol. The first kappa shape index (κ1) is 22.9. The number of methoxy groups -OCH3 is 1. The summed E-state index contributed by atoms with van der Waals surface area (Å²) >= 11 is 1.64. The van der Waals surface area contributed by atoms with Crippen molar-refractivity contribution in [3.05, 3.63) is 81.5 Å². The molecule has 0 unspecified atom stereocenters. The molecule has 0 bridgehead atoms. The first-order valence-corrected chi connectivity index (χ1v) is 11.9. The molecule has 1 aliphatic rings. The fourth-order valence-corrected chi connectivity index (χ4v) is 5.49. The zero-order valence-corrected chi connectivity index (χ0v) is 20.5. The lowest BCUT2D eigenvalue weighted by molar-refractivity contribution is -0.141. The van der Waals surface area contributed by atoms with Crippen molar-refractivity contribution in [2.45, 2.75) is 33.2 Å². The van der Waals surface area contributed by atoms with Crippen LogP contribution >= 0.6 is 11.3 Å². The highest BCUT2D eigenvalue weighted by molar-refractivity contribution is 7.15. The fraction of sp³-hybridized carbons (Fsp3) is 0.231. The van der Waals surface area contributed by atoms with E-state index in [-0.39, 0.29) is 18.1 Å². The van der Waals surface area contributed by atoms with Crippen LogP contribution in [0, 0.1) is 26.6 Å². The number of fused-ring (bicyclic) bond motifs is 3. The van der Waals surface area contributed by atoms with Gasteiger partial charge in [-0.15, -0.1) is 21.5 Å². The standard InChI is InChI=1S/C26H23FN4O3S/c1-13-14(2)35-26-23(13)24(28-20(12-22(33)34-4)25-30-29-15(3)31(25)26)17-7-5-16(6-8-17)18-9-10-21(32)19(27)11-18/h5-11,20,32H,12H2,1-4H3/t20-/m0/s1. The minimum Gasteiger partial charge on any atom is -0.505 e. The topological polar surface area (TPSA) is 89.6 Å². The van der Waals surface area contributed by atoms with E-state index in [1.807, 2.05) is 35.8 Å². The number of carbonyl (C=O) groups is 1. The van der Waals surface area contributed by atoms with E-state index < -0.39 is 11.9 Å². The Bertz CT molecular complexity index is 1490. The number of hydrogen-bond donors (Lipinski definition) is 1. The lowest BCUT2D eigenvalue weighted by atomic mass is 9.97. The summed E-state index contributed by atoms with van der Waals surface area (Å²) in [5.41, 5.74) is 5.16. The van der Waals surface area contributed by atoms with Crippen LogP contribution in [-0.2, 0) is 9.53 Å². The summed E-state index contributed by atoms with van der Waals surface area (Å²) in [6.45, 7) is 6.02. The number of ether oxygens (including phenoxy) is 1. The minimum absolute atomic E-state index is 0.0377. The van der Waals surface area contributed by atoms with E-state index in [2.05, 4.69) is 24.0 Å². The van der Waals surface area contributed by atoms with Gasteiger partial charge in [0.25, 0.3) is 0 Å². The van der Waals surface area contributed by atoms with Gasteiger partial charge in [0.15, 0.2) is 17.4 Å². The molecule has 0 spiro atoms. The first-order valence-electron chi connectivity index (χ1n) is 11.0. The van der Waals surface area contributed by atoms with Gasteiger partial charge in [0.05, 0.1) is 19.2 Å². The van der Waals surface area contributed by atoms with Gasteiger partial charge >= 0.3 is 5.97 Å². The highest BCUT2D eigenvalue weighted by Crippen LogP contribution is 2.39. The fourth-order valence-electron chi connectivity index (χ4n) is 4.27. The van der Waals surface area contributed by atoms with Crippen molar-refractivity contribution in [1.29, 1.82) is 0 Å². The monoisotopic (exact) mass is 490 g/mol. The number of nitrogens with zero attached hydrogens (tertiary/aromatic N) is 4. The molecule has 35 heavy (non-hydrogen) atoms.